The van der Waals surface area contributed by atoms with Crippen LogP contribution in [0.25, 0.3) is 0 Å². The molecule has 0 radical (unpaired) electrons. The van der Waals surface area contributed by atoms with Gasteiger partial charge in [-0.2, -0.15) is 0 Å². The van der Waals surface area contributed by atoms with E-state index in [-0.39, 0.29) is 0 Å². The monoisotopic (exact) mass is 223 g/mol. The number of hydrogen-bond acceptors (Lipinski definition) is 1. The van der Waals surface area contributed by atoms with Crippen molar-refractivity contribution in [3.8, 4) is 0 Å². The van der Waals surface area contributed by atoms with E-state index < -0.39 is 0 Å². The Kier molecular flexibility index (Phi) is 3.41. The molecule has 0 bridgehead atoms. The molecule has 2 saturated carbocycles. The molecule has 3 nitrogen and oxygen atoms in total. The van der Waals surface area contributed by atoms with E-state index in [2.05, 4.69) is 29.5 Å². The maximum Gasteiger partial charge on any atom is 0.191 e. The molecule has 0 amide bonds. The van der Waals surface area contributed by atoms with Crippen LogP contribution in [0.3, 0.4) is 0 Å². The Bertz CT molecular complexity index is 264. The van der Waals surface area contributed by atoms with Gasteiger partial charge in [0.05, 0.1) is 0 Å². The summed E-state index contributed by atoms with van der Waals surface area (Å²) in [5, 5.41) is 7.07. The molecule has 16 heavy (non-hydrogen) atoms. The number of nitrogens with one attached hydrogen (secondary N) is 2. The number of guanidine groups is 1. The molecule has 1 atom stereocenters. The van der Waals surface area contributed by atoms with Crippen molar-refractivity contribution < 1.29 is 0 Å². The first kappa shape index (κ1) is 11.7. The van der Waals surface area contributed by atoms with Crippen molar-refractivity contribution in [3.63, 3.8) is 0 Å². The Morgan fingerprint density at radius 3 is 2.25 bits per heavy atom. The standard InChI is InChI=1S/C13H25N3/c1-13(2)9-11(13)16-12(14-3)15-10-7-5-4-6-8-10/h10-11H,4-9H2,1-3H3,(H2,14,15,16). The maximum atomic E-state index is 4.32. The Hall–Kier alpha value is -0.730. The van der Waals surface area contributed by atoms with Gasteiger partial charge in [-0.25, -0.2) is 0 Å². The van der Waals surface area contributed by atoms with Crippen LogP contribution in [0.1, 0.15) is 52.4 Å². The van der Waals surface area contributed by atoms with Gasteiger partial charge in [-0.1, -0.05) is 33.1 Å². The average molecular weight is 223 g/mol. The van der Waals surface area contributed by atoms with E-state index in [4.69, 9.17) is 0 Å². The summed E-state index contributed by atoms with van der Waals surface area (Å²) >= 11 is 0. The van der Waals surface area contributed by atoms with E-state index in [9.17, 15) is 0 Å². The van der Waals surface area contributed by atoms with E-state index in [0.29, 0.717) is 17.5 Å². The summed E-state index contributed by atoms with van der Waals surface area (Å²) in [5.74, 6) is 1.00. The van der Waals surface area contributed by atoms with Crippen LogP contribution >= 0.6 is 0 Å². The smallest absolute Gasteiger partial charge is 0.191 e. The van der Waals surface area contributed by atoms with Crippen LogP contribution < -0.4 is 10.6 Å². The molecule has 3 heteroatoms. The van der Waals surface area contributed by atoms with Crippen LogP contribution in [0.15, 0.2) is 4.99 Å². The molecule has 2 aliphatic carbocycles. The van der Waals surface area contributed by atoms with Gasteiger partial charge in [0, 0.05) is 19.1 Å². The molecule has 0 aromatic rings. The quantitative estimate of drug-likeness (QED) is 0.556. The first-order chi connectivity index (χ1) is 7.62. The molecule has 0 spiro atoms. The fraction of sp³-hybridized carbons (Fsp3) is 0.923. The average Bonchev–Trinajstić information content (AvgIpc) is 2.86. The summed E-state index contributed by atoms with van der Waals surface area (Å²) in [7, 11) is 1.87. The van der Waals surface area contributed by atoms with Crippen LogP contribution in [0.4, 0.5) is 0 Å². The molecule has 2 aliphatic rings. The molecule has 2 fully saturated rings. The predicted octanol–water partition coefficient (Wildman–Crippen LogP) is 2.28. The van der Waals surface area contributed by atoms with Gasteiger partial charge in [0.15, 0.2) is 5.96 Å². The summed E-state index contributed by atoms with van der Waals surface area (Å²) in [6.07, 6.45) is 7.99. The fourth-order valence-corrected chi connectivity index (χ4v) is 2.49. The predicted molar refractivity (Wildman–Crippen MR) is 68.7 cm³/mol. The summed E-state index contributed by atoms with van der Waals surface area (Å²) in [5.41, 5.74) is 0.462. The number of hydrogen-bond donors (Lipinski definition) is 2. The third kappa shape index (κ3) is 2.89. The lowest BCUT2D eigenvalue weighted by Gasteiger charge is -2.25. The highest BCUT2D eigenvalue weighted by atomic mass is 15.2. The van der Waals surface area contributed by atoms with Gasteiger partial charge >= 0.3 is 0 Å². The second kappa shape index (κ2) is 4.64. The number of nitrogens with zero attached hydrogens (tertiary/aromatic N) is 1. The van der Waals surface area contributed by atoms with E-state index >= 15 is 0 Å². The van der Waals surface area contributed by atoms with Crippen molar-refractivity contribution in [2.24, 2.45) is 10.4 Å². The SMILES string of the molecule is CN=C(NC1CCCCC1)NC1CC1(C)C. The Labute approximate surface area is 99.1 Å². The van der Waals surface area contributed by atoms with Gasteiger partial charge in [-0.15, -0.1) is 0 Å². The van der Waals surface area contributed by atoms with Gasteiger partial charge < -0.3 is 10.6 Å². The van der Waals surface area contributed by atoms with Gasteiger partial charge in [-0.3, -0.25) is 4.99 Å². The lowest BCUT2D eigenvalue weighted by atomic mass is 9.96. The highest BCUT2D eigenvalue weighted by Gasteiger charge is 2.46. The Balaban J connectivity index is 1.77. The molecule has 0 aromatic carbocycles. The minimum absolute atomic E-state index is 0.462. The van der Waals surface area contributed by atoms with Crippen molar-refractivity contribution in [1.82, 2.24) is 10.6 Å². The van der Waals surface area contributed by atoms with Crippen LogP contribution in [-0.2, 0) is 0 Å². The van der Waals surface area contributed by atoms with E-state index in [1.165, 1.54) is 38.5 Å². The van der Waals surface area contributed by atoms with Crippen molar-refractivity contribution in [2.45, 2.75) is 64.5 Å². The van der Waals surface area contributed by atoms with Crippen molar-refractivity contribution in [1.29, 1.82) is 0 Å². The van der Waals surface area contributed by atoms with Crippen molar-refractivity contribution in [3.05, 3.63) is 0 Å². The molecule has 0 aliphatic heterocycles. The largest absolute Gasteiger partial charge is 0.354 e. The molecular weight excluding hydrogens is 198 g/mol. The zero-order valence-corrected chi connectivity index (χ0v) is 10.8. The van der Waals surface area contributed by atoms with Gasteiger partial charge in [0.1, 0.15) is 0 Å². The van der Waals surface area contributed by atoms with Gasteiger partial charge in [-0.05, 0) is 24.7 Å². The highest BCUT2D eigenvalue weighted by molar-refractivity contribution is 5.80. The minimum atomic E-state index is 0.462. The molecule has 0 aromatic heterocycles. The molecule has 1 unspecified atom stereocenters. The fourth-order valence-electron chi connectivity index (χ4n) is 2.49. The highest BCUT2D eigenvalue weighted by Crippen LogP contribution is 2.44. The second-order valence-electron chi connectivity index (χ2n) is 5.94. The minimum Gasteiger partial charge on any atom is -0.354 e. The molecule has 0 saturated heterocycles. The van der Waals surface area contributed by atoms with Crippen molar-refractivity contribution >= 4 is 5.96 Å². The third-order valence-electron chi connectivity index (χ3n) is 3.99. The zero-order valence-electron chi connectivity index (χ0n) is 10.8. The number of rotatable bonds is 2. The van der Waals surface area contributed by atoms with Crippen LogP contribution in [0, 0.1) is 5.41 Å². The normalized spacial score (nSPS) is 29.9. The first-order valence-electron chi connectivity index (χ1n) is 6.62. The van der Waals surface area contributed by atoms with E-state index in [1.807, 2.05) is 7.05 Å². The summed E-state index contributed by atoms with van der Waals surface area (Å²) < 4.78 is 0. The van der Waals surface area contributed by atoms with Crippen LogP contribution in [0.2, 0.25) is 0 Å². The number of aliphatic imine (C=N–C) groups is 1. The second-order valence-corrected chi connectivity index (χ2v) is 5.94. The van der Waals surface area contributed by atoms with Gasteiger partial charge in [0.2, 0.25) is 0 Å². The summed E-state index contributed by atoms with van der Waals surface area (Å²) in [4.78, 5) is 4.32. The Morgan fingerprint density at radius 1 is 1.12 bits per heavy atom. The third-order valence-corrected chi connectivity index (χ3v) is 3.99. The Morgan fingerprint density at radius 2 is 1.75 bits per heavy atom. The van der Waals surface area contributed by atoms with Crippen molar-refractivity contribution in [2.75, 3.05) is 7.05 Å². The summed E-state index contributed by atoms with van der Waals surface area (Å²) in [6, 6.07) is 1.25. The van der Waals surface area contributed by atoms with Crippen LogP contribution in [0.5, 0.6) is 0 Å². The maximum absolute atomic E-state index is 4.32. The van der Waals surface area contributed by atoms with E-state index in [0.717, 1.165) is 5.96 Å². The first-order valence-corrected chi connectivity index (χ1v) is 6.62. The zero-order chi connectivity index (χ0) is 11.6. The molecule has 0 heterocycles. The molecule has 92 valence electrons. The van der Waals surface area contributed by atoms with E-state index in [1.54, 1.807) is 0 Å². The van der Waals surface area contributed by atoms with Gasteiger partial charge in [0.25, 0.3) is 0 Å². The topological polar surface area (TPSA) is 36.4 Å². The molecular formula is C13H25N3. The lowest BCUT2D eigenvalue weighted by Crippen LogP contribution is -2.45. The van der Waals surface area contributed by atoms with Crippen LogP contribution in [-0.4, -0.2) is 25.1 Å². The molecule has 2 rings (SSSR count). The summed E-state index contributed by atoms with van der Waals surface area (Å²) in [6.45, 7) is 4.61. The lowest BCUT2D eigenvalue weighted by molar-refractivity contribution is 0.409. The molecule has 2 N–H and O–H groups in total.